The van der Waals surface area contributed by atoms with Crippen LogP contribution in [0.2, 0.25) is 0 Å². The largest absolute Gasteiger partial charge is 0.393 e. The Morgan fingerprint density at radius 1 is 1.04 bits per heavy atom. The molecular formula is C19H37N3O. The standard InChI is InChI=1S/C19H37N3O/c20-8-9-22-13-16(11-19(23)17-6-7-17)10-18(14-22)21-12-15-4-2-1-3-5-15/h15-19,21,23H,1-14,20H2. The van der Waals surface area contributed by atoms with Crippen LogP contribution >= 0.6 is 0 Å². The van der Waals surface area contributed by atoms with Crippen molar-refractivity contribution in [2.75, 3.05) is 32.7 Å². The molecule has 0 amide bonds. The van der Waals surface area contributed by atoms with Crippen LogP contribution in [0.3, 0.4) is 0 Å². The van der Waals surface area contributed by atoms with Gasteiger partial charge in [0.15, 0.2) is 0 Å². The quantitative estimate of drug-likeness (QED) is 0.639. The smallest absolute Gasteiger partial charge is 0.0571 e. The van der Waals surface area contributed by atoms with Gasteiger partial charge in [-0.25, -0.2) is 0 Å². The minimum Gasteiger partial charge on any atom is -0.393 e. The van der Waals surface area contributed by atoms with E-state index in [9.17, 15) is 5.11 Å². The molecule has 1 heterocycles. The fraction of sp³-hybridized carbons (Fsp3) is 1.00. The maximum Gasteiger partial charge on any atom is 0.0571 e. The van der Waals surface area contributed by atoms with Crippen LogP contribution in [0.4, 0.5) is 0 Å². The SMILES string of the molecule is NCCN1CC(CC(O)C2CC2)CC(NCC2CCCCC2)C1. The zero-order valence-corrected chi connectivity index (χ0v) is 14.8. The highest BCUT2D eigenvalue weighted by Gasteiger charge is 2.34. The van der Waals surface area contributed by atoms with E-state index in [4.69, 9.17) is 5.73 Å². The van der Waals surface area contributed by atoms with Crippen molar-refractivity contribution in [3.8, 4) is 0 Å². The summed E-state index contributed by atoms with van der Waals surface area (Å²) >= 11 is 0. The number of hydrogen-bond acceptors (Lipinski definition) is 4. The Bertz CT molecular complexity index is 342. The Morgan fingerprint density at radius 3 is 2.52 bits per heavy atom. The fourth-order valence-corrected chi connectivity index (χ4v) is 4.73. The Kier molecular flexibility index (Phi) is 6.75. The summed E-state index contributed by atoms with van der Waals surface area (Å²) in [6.07, 6.45) is 11.8. The van der Waals surface area contributed by atoms with Gasteiger partial charge in [-0.05, 0) is 62.8 Å². The molecule has 4 N–H and O–H groups in total. The van der Waals surface area contributed by atoms with Crippen LogP contribution in [-0.2, 0) is 0 Å². The molecule has 1 saturated heterocycles. The minimum absolute atomic E-state index is 0.0585. The third-order valence-corrected chi connectivity index (χ3v) is 6.22. The van der Waals surface area contributed by atoms with Crippen LogP contribution in [0.15, 0.2) is 0 Å². The summed E-state index contributed by atoms with van der Waals surface area (Å²) < 4.78 is 0. The van der Waals surface area contributed by atoms with Gasteiger partial charge in [-0.2, -0.15) is 0 Å². The van der Waals surface area contributed by atoms with Crippen molar-refractivity contribution in [3.63, 3.8) is 0 Å². The highest BCUT2D eigenvalue weighted by atomic mass is 16.3. The maximum absolute atomic E-state index is 10.3. The van der Waals surface area contributed by atoms with Crippen LogP contribution in [-0.4, -0.2) is 54.9 Å². The third-order valence-electron chi connectivity index (χ3n) is 6.22. The first-order valence-corrected chi connectivity index (χ1v) is 10.1. The summed E-state index contributed by atoms with van der Waals surface area (Å²) in [5.41, 5.74) is 5.79. The van der Waals surface area contributed by atoms with Gasteiger partial charge in [-0.1, -0.05) is 19.3 Å². The predicted octanol–water partition coefficient (Wildman–Crippen LogP) is 1.97. The van der Waals surface area contributed by atoms with E-state index in [1.165, 1.54) is 57.9 Å². The van der Waals surface area contributed by atoms with Crippen molar-refractivity contribution in [1.82, 2.24) is 10.2 Å². The minimum atomic E-state index is -0.0585. The molecule has 0 aromatic rings. The van der Waals surface area contributed by atoms with Gasteiger partial charge in [-0.3, -0.25) is 0 Å². The summed E-state index contributed by atoms with van der Waals surface area (Å²) in [6.45, 7) is 5.20. The molecule has 0 radical (unpaired) electrons. The average Bonchev–Trinajstić information content (AvgIpc) is 3.39. The zero-order valence-electron chi connectivity index (χ0n) is 14.8. The Labute approximate surface area is 142 Å². The Balaban J connectivity index is 1.46. The average molecular weight is 324 g/mol. The van der Waals surface area contributed by atoms with Gasteiger partial charge in [0.1, 0.15) is 0 Å². The highest BCUT2D eigenvalue weighted by molar-refractivity contribution is 4.89. The Morgan fingerprint density at radius 2 is 1.83 bits per heavy atom. The van der Waals surface area contributed by atoms with Crippen molar-refractivity contribution in [2.45, 2.75) is 69.9 Å². The number of nitrogens with one attached hydrogen (secondary N) is 1. The van der Waals surface area contributed by atoms with Crippen molar-refractivity contribution >= 4 is 0 Å². The molecule has 0 aromatic heterocycles. The summed E-state index contributed by atoms with van der Waals surface area (Å²) in [5.74, 6) is 2.13. The molecule has 23 heavy (non-hydrogen) atoms. The molecule has 1 aliphatic heterocycles. The summed E-state index contributed by atoms with van der Waals surface area (Å²) in [4.78, 5) is 2.52. The number of aliphatic hydroxyl groups excluding tert-OH is 1. The first-order valence-electron chi connectivity index (χ1n) is 10.1. The Hall–Kier alpha value is -0.160. The molecule has 0 bridgehead atoms. The number of nitrogens with two attached hydrogens (primary N) is 1. The van der Waals surface area contributed by atoms with E-state index in [0.29, 0.717) is 17.9 Å². The highest BCUT2D eigenvalue weighted by Crippen LogP contribution is 2.36. The first-order chi connectivity index (χ1) is 11.2. The van der Waals surface area contributed by atoms with E-state index < -0.39 is 0 Å². The number of rotatable bonds is 8. The van der Waals surface area contributed by atoms with Crippen LogP contribution in [0, 0.1) is 17.8 Å². The van der Waals surface area contributed by atoms with Crippen LogP contribution in [0.5, 0.6) is 0 Å². The summed E-state index contributed by atoms with van der Waals surface area (Å²) in [6, 6.07) is 0.591. The van der Waals surface area contributed by atoms with Crippen molar-refractivity contribution < 1.29 is 5.11 Å². The van der Waals surface area contributed by atoms with Crippen molar-refractivity contribution in [3.05, 3.63) is 0 Å². The monoisotopic (exact) mass is 323 g/mol. The second-order valence-electron chi connectivity index (χ2n) is 8.40. The molecule has 2 saturated carbocycles. The van der Waals surface area contributed by atoms with Gasteiger partial charge in [0.05, 0.1) is 6.10 Å². The first kappa shape index (κ1) is 17.7. The molecule has 3 atom stereocenters. The van der Waals surface area contributed by atoms with Gasteiger partial charge in [-0.15, -0.1) is 0 Å². The molecule has 0 aromatic carbocycles. The van der Waals surface area contributed by atoms with Gasteiger partial charge >= 0.3 is 0 Å². The predicted molar refractivity (Wildman–Crippen MR) is 95.3 cm³/mol. The van der Waals surface area contributed by atoms with Crippen LogP contribution < -0.4 is 11.1 Å². The number of likely N-dealkylation sites (tertiary alicyclic amines) is 1. The number of nitrogens with zero attached hydrogens (tertiary/aromatic N) is 1. The number of hydrogen-bond donors (Lipinski definition) is 3. The lowest BCUT2D eigenvalue weighted by molar-refractivity contribution is 0.0748. The molecule has 4 nitrogen and oxygen atoms in total. The fourth-order valence-electron chi connectivity index (χ4n) is 4.73. The molecule has 3 aliphatic rings. The molecule has 2 aliphatic carbocycles. The van der Waals surface area contributed by atoms with Crippen molar-refractivity contribution in [1.29, 1.82) is 0 Å². The van der Waals surface area contributed by atoms with Crippen LogP contribution in [0.25, 0.3) is 0 Å². The second-order valence-corrected chi connectivity index (χ2v) is 8.40. The second kappa shape index (κ2) is 8.80. The molecule has 134 valence electrons. The van der Waals surface area contributed by atoms with Gasteiger partial charge in [0.2, 0.25) is 0 Å². The molecule has 3 rings (SSSR count). The van der Waals surface area contributed by atoms with E-state index in [-0.39, 0.29) is 6.10 Å². The lowest BCUT2D eigenvalue weighted by atomic mass is 9.86. The normalized spacial score (nSPS) is 32.1. The van der Waals surface area contributed by atoms with E-state index >= 15 is 0 Å². The van der Waals surface area contributed by atoms with Crippen LogP contribution in [0.1, 0.15) is 57.8 Å². The number of aliphatic hydroxyl groups is 1. The third kappa shape index (κ3) is 5.70. The van der Waals surface area contributed by atoms with Gasteiger partial charge in [0, 0.05) is 32.2 Å². The van der Waals surface area contributed by atoms with E-state index in [1.54, 1.807) is 0 Å². The summed E-state index contributed by atoms with van der Waals surface area (Å²) in [5, 5.41) is 14.2. The van der Waals surface area contributed by atoms with Crippen molar-refractivity contribution in [2.24, 2.45) is 23.5 Å². The van der Waals surface area contributed by atoms with Gasteiger partial charge in [0.25, 0.3) is 0 Å². The van der Waals surface area contributed by atoms with E-state index in [0.717, 1.165) is 38.5 Å². The molecule has 3 unspecified atom stereocenters. The lowest BCUT2D eigenvalue weighted by Gasteiger charge is -2.39. The zero-order chi connectivity index (χ0) is 16.1. The van der Waals surface area contributed by atoms with Gasteiger partial charge < -0.3 is 21.1 Å². The molecule has 4 heteroatoms. The molecular weight excluding hydrogens is 286 g/mol. The molecule has 0 spiro atoms. The molecule has 3 fully saturated rings. The maximum atomic E-state index is 10.3. The topological polar surface area (TPSA) is 61.5 Å². The van der Waals surface area contributed by atoms with E-state index in [2.05, 4.69) is 10.2 Å². The summed E-state index contributed by atoms with van der Waals surface area (Å²) in [7, 11) is 0. The van der Waals surface area contributed by atoms with E-state index in [1.807, 2.05) is 0 Å². The lowest BCUT2D eigenvalue weighted by Crippen LogP contribution is -2.51. The number of piperidine rings is 1.